The molecule has 36 heavy (non-hydrogen) atoms. The first-order valence-electron chi connectivity index (χ1n) is 10.6. The molecule has 0 radical (unpaired) electrons. The number of carbonyl (C=O) groups excluding carboxylic acids is 2. The lowest BCUT2D eigenvalue weighted by Crippen LogP contribution is -2.22. The van der Waals surface area contributed by atoms with Gasteiger partial charge in [-0.25, -0.2) is 9.37 Å². The Bertz CT molecular complexity index is 1430. The van der Waals surface area contributed by atoms with E-state index < -0.39 is 21.9 Å². The number of thiazole rings is 1. The van der Waals surface area contributed by atoms with Crippen LogP contribution < -0.4 is 10.6 Å². The van der Waals surface area contributed by atoms with Crippen molar-refractivity contribution in [3.05, 3.63) is 99.7 Å². The van der Waals surface area contributed by atoms with E-state index >= 15 is 0 Å². The zero-order valence-electron chi connectivity index (χ0n) is 18.8. The molecule has 1 atom stereocenters. The highest BCUT2D eigenvalue weighted by atomic mass is 32.2. The molecule has 0 fully saturated rings. The third-order valence-corrected chi connectivity index (χ3v) is 6.87. The zero-order valence-corrected chi connectivity index (χ0v) is 20.4. The molecule has 1 aromatic heterocycles. The number of hydrogen-bond donors (Lipinski definition) is 2. The maximum Gasteiger partial charge on any atom is 0.270 e. The van der Waals surface area contributed by atoms with Crippen LogP contribution in [-0.2, 0) is 4.79 Å². The Labute approximate surface area is 213 Å². The van der Waals surface area contributed by atoms with Gasteiger partial charge in [0, 0.05) is 33.7 Å². The molecule has 0 saturated heterocycles. The first kappa shape index (κ1) is 25.0. The van der Waals surface area contributed by atoms with Crippen LogP contribution in [0, 0.1) is 15.9 Å². The van der Waals surface area contributed by atoms with E-state index in [0.29, 0.717) is 22.1 Å². The molecule has 182 valence electrons. The predicted octanol–water partition coefficient (Wildman–Crippen LogP) is 6.23. The van der Waals surface area contributed by atoms with Crippen molar-refractivity contribution in [1.29, 1.82) is 0 Å². The summed E-state index contributed by atoms with van der Waals surface area (Å²) in [5.41, 5.74) is 1.55. The fourth-order valence-corrected chi connectivity index (χ4v) is 4.76. The van der Waals surface area contributed by atoms with Gasteiger partial charge >= 0.3 is 0 Å². The number of nitrogens with zero attached hydrogens (tertiary/aromatic N) is 2. The van der Waals surface area contributed by atoms with Gasteiger partial charge in [-0.3, -0.25) is 19.7 Å². The number of nitrogens with one attached hydrogen (secondary N) is 2. The largest absolute Gasteiger partial charge is 0.322 e. The van der Waals surface area contributed by atoms with Gasteiger partial charge < -0.3 is 10.6 Å². The van der Waals surface area contributed by atoms with Gasteiger partial charge in [0.25, 0.3) is 11.6 Å². The number of amides is 2. The highest BCUT2D eigenvalue weighted by molar-refractivity contribution is 8.00. The zero-order chi connectivity index (χ0) is 25.7. The molecule has 0 spiro atoms. The standard InChI is InChI=1S/C25H19FN4O4S2/c1-15(23(31)29-25-28-22(14-35-25)16-5-4-6-18(13-16)30(33)34)36-19-11-9-17(10-12-19)27-24(32)20-7-2-3-8-21(20)26/h2-15H,1H3,(H,27,32)(H,28,29,31). The van der Waals surface area contributed by atoms with Crippen molar-refractivity contribution in [1.82, 2.24) is 4.98 Å². The van der Waals surface area contributed by atoms with Crippen LogP contribution in [0.1, 0.15) is 17.3 Å². The lowest BCUT2D eigenvalue weighted by atomic mass is 10.1. The van der Waals surface area contributed by atoms with Crippen LogP contribution in [0.4, 0.5) is 20.9 Å². The maximum atomic E-state index is 13.8. The molecule has 0 aliphatic heterocycles. The fourth-order valence-electron chi connectivity index (χ4n) is 3.17. The van der Waals surface area contributed by atoms with Gasteiger partial charge in [-0.15, -0.1) is 23.1 Å². The second-order valence-electron chi connectivity index (χ2n) is 7.55. The van der Waals surface area contributed by atoms with Crippen LogP contribution in [0.25, 0.3) is 11.3 Å². The number of nitro groups is 1. The molecule has 0 aliphatic carbocycles. The van der Waals surface area contributed by atoms with Crippen molar-refractivity contribution >= 4 is 51.4 Å². The van der Waals surface area contributed by atoms with E-state index in [2.05, 4.69) is 15.6 Å². The van der Waals surface area contributed by atoms with Crippen LogP contribution in [0.3, 0.4) is 0 Å². The molecule has 0 aliphatic rings. The lowest BCUT2D eigenvalue weighted by molar-refractivity contribution is -0.384. The molecule has 1 heterocycles. The molecule has 2 amide bonds. The second kappa shape index (κ2) is 11.1. The van der Waals surface area contributed by atoms with E-state index in [1.807, 2.05) is 0 Å². The quantitative estimate of drug-likeness (QED) is 0.161. The molecule has 11 heteroatoms. The molecule has 3 aromatic carbocycles. The monoisotopic (exact) mass is 522 g/mol. The van der Waals surface area contributed by atoms with E-state index in [1.54, 1.807) is 54.8 Å². The Kier molecular flexibility index (Phi) is 7.71. The van der Waals surface area contributed by atoms with E-state index in [4.69, 9.17) is 0 Å². The van der Waals surface area contributed by atoms with Crippen LogP contribution in [0.15, 0.2) is 83.1 Å². The molecule has 4 aromatic rings. The van der Waals surface area contributed by atoms with Gasteiger partial charge in [0.05, 0.1) is 21.4 Å². The third kappa shape index (κ3) is 6.12. The Morgan fingerprint density at radius 3 is 2.53 bits per heavy atom. The molecular formula is C25H19FN4O4S2. The predicted molar refractivity (Wildman–Crippen MR) is 139 cm³/mol. The van der Waals surface area contributed by atoms with Crippen LogP contribution in [0.5, 0.6) is 0 Å². The highest BCUT2D eigenvalue weighted by Gasteiger charge is 2.17. The third-order valence-electron chi connectivity index (χ3n) is 5.00. The minimum atomic E-state index is -0.598. The van der Waals surface area contributed by atoms with Gasteiger partial charge in [-0.1, -0.05) is 24.3 Å². The van der Waals surface area contributed by atoms with E-state index in [-0.39, 0.29) is 17.2 Å². The maximum absolute atomic E-state index is 13.8. The Hall–Kier alpha value is -4.09. The number of hydrogen-bond acceptors (Lipinski definition) is 7. The van der Waals surface area contributed by atoms with Gasteiger partial charge in [0.15, 0.2) is 5.13 Å². The first-order valence-corrected chi connectivity index (χ1v) is 12.4. The van der Waals surface area contributed by atoms with Gasteiger partial charge in [-0.2, -0.15) is 0 Å². The minimum absolute atomic E-state index is 0.0334. The van der Waals surface area contributed by atoms with Crippen molar-refractivity contribution < 1.29 is 18.9 Å². The number of benzene rings is 3. The topological polar surface area (TPSA) is 114 Å². The fraction of sp³-hybridized carbons (Fsp3) is 0.0800. The smallest absolute Gasteiger partial charge is 0.270 e. The van der Waals surface area contributed by atoms with Gasteiger partial charge in [-0.05, 0) is 43.3 Å². The Morgan fingerprint density at radius 1 is 1.06 bits per heavy atom. The van der Waals surface area contributed by atoms with E-state index in [9.17, 15) is 24.1 Å². The molecule has 4 rings (SSSR count). The number of thioether (sulfide) groups is 1. The SMILES string of the molecule is CC(Sc1ccc(NC(=O)c2ccccc2F)cc1)C(=O)Nc1nc(-c2cccc([N+](=O)[O-])c2)cs1. The average Bonchev–Trinajstić information content (AvgIpc) is 3.34. The lowest BCUT2D eigenvalue weighted by Gasteiger charge is -2.11. The van der Waals surface area contributed by atoms with Crippen LogP contribution >= 0.6 is 23.1 Å². The number of rotatable bonds is 8. The van der Waals surface area contributed by atoms with Gasteiger partial charge in [0.2, 0.25) is 5.91 Å². The Balaban J connectivity index is 1.33. The Morgan fingerprint density at radius 2 is 1.81 bits per heavy atom. The first-order chi connectivity index (χ1) is 17.3. The summed E-state index contributed by atoms with van der Waals surface area (Å²) in [5, 5.41) is 18.1. The highest BCUT2D eigenvalue weighted by Crippen LogP contribution is 2.29. The summed E-state index contributed by atoms with van der Waals surface area (Å²) in [5.74, 6) is -1.40. The van der Waals surface area contributed by atoms with Crippen LogP contribution in [-0.4, -0.2) is 27.0 Å². The summed E-state index contributed by atoms with van der Waals surface area (Å²) < 4.78 is 13.8. The minimum Gasteiger partial charge on any atom is -0.322 e. The summed E-state index contributed by atoms with van der Waals surface area (Å²) in [4.78, 5) is 40.6. The molecule has 1 unspecified atom stereocenters. The molecule has 2 N–H and O–H groups in total. The summed E-state index contributed by atoms with van der Waals surface area (Å²) >= 11 is 2.55. The second-order valence-corrected chi connectivity index (χ2v) is 9.83. The number of carbonyl (C=O) groups is 2. The van der Waals surface area contributed by atoms with Crippen molar-refractivity contribution in [2.75, 3.05) is 10.6 Å². The summed E-state index contributed by atoms with van der Waals surface area (Å²) in [6.45, 7) is 1.75. The van der Waals surface area contributed by atoms with Crippen molar-refractivity contribution in [3.8, 4) is 11.3 Å². The van der Waals surface area contributed by atoms with Crippen molar-refractivity contribution in [2.24, 2.45) is 0 Å². The summed E-state index contributed by atoms with van der Waals surface area (Å²) in [6, 6.07) is 18.7. The van der Waals surface area contributed by atoms with E-state index in [0.717, 1.165) is 4.90 Å². The molecule has 0 saturated carbocycles. The van der Waals surface area contributed by atoms with Crippen molar-refractivity contribution in [2.45, 2.75) is 17.1 Å². The molecule has 8 nitrogen and oxygen atoms in total. The van der Waals surface area contributed by atoms with Gasteiger partial charge in [0.1, 0.15) is 5.82 Å². The number of anilines is 2. The summed E-state index contributed by atoms with van der Waals surface area (Å²) in [6.07, 6.45) is 0. The summed E-state index contributed by atoms with van der Waals surface area (Å²) in [7, 11) is 0. The number of non-ortho nitro benzene ring substituents is 1. The van der Waals surface area contributed by atoms with Crippen LogP contribution in [0.2, 0.25) is 0 Å². The number of aromatic nitrogens is 1. The molecular weight excluding hydrogens is 503 g/mol. The number of halogens is 1. The molecule has 0 bridgehead atoms. The normalized spacial score (nSPS) is 11.5. The average molecular weight is 523 g/mol. The van der Waals surface area contributed by atoms with E-state index in [1.165, 1.54) is 53.4 Å². The van der Waals surface area contributed by atoms with Crippen molar-refractivity contribution in [3.63, 3.8) is 0 Å². The number of nitro benzene ring substituents is 1.